The molecule has 2 unspecified atom stereocenters. The van der Waals surface area contributed by atoms with Crippen molar-refractivity contribution in [1.82, 2.24) is 5.32 Å². The average molecular weight is 245 g/mol. The largest absolute Gasteiger partial charge is 0.468 e. The topological polar surface area (TPSA) is 47.6 Å². The van der Waals surface area contributed by atoms with Crippen molar-refractivity contribution in [3.63, 3.8) is 0 Å². The first-order valence-electron chi connectivity index (χ1n) is 6.22. The predicted molar refractivity (Wildman–Crippen MR) is 69.0 cm³/mol. The Bertz CT molecular complexity index is 229. The Hall–Kier alpha value is -0.610. The molecule has 0 aromatic carbocycles. The van der Waals surface area contributed by atoms with Crippen molar-refractivity contribution in [1.29, 1.82) is 0 Å². The van der Waals surface area contributed by atoms with Crippen molar-refractivity contribution in [3.05, 3.63) is 0 Å². The highest BCUT2D eigenvalue weighted by atomic mass is 16.5. The van der Waals surface area contributed by atoms with E-state index >= 15 is 0 Å². The maximum atomic E-state index is 11.4. The summed E-state index contributed by atoms with van der Waals surface area (Å²) in [5.74, 6) is 0.259. The van der Waals surface area contributed by atoms with Gasteiger partial charge < -0.3 is 14.8 Å². The Morgan fingerprint density at radius 3 is 2.35 bits per heavy atom. The molecule has 0 aliphatic carbocycles. The van der Waals surface area contributed by atoms with Crippen molar-refractivity contribution >= 4 is 5.97 Å². The van der Waals surface area contributed by atoms with Crippen LogP contribution < -0.4 is 5.32 Å². The second-order valence-electron chi connectivity index (χ2n) is 5.17. The van der Waals surface area contributed by atoms with Crippen LogP contribution in [0.3, 0.4) is 0 Å². The van der Waals surface area contributed by atoms with Crippen molar-refractivity contribution < 1.29 is 14.3 Å². The average Bonchev–Trinajstić information content (AvgIpc) is 2.28. The lowest BCUT2D eigenvalue weighted by atomic mass is 9.94. The molecule has 0 radical (unpaired) electrons. The van der Waals surface area contributed by atoms with Gasteiger partial charge in [-0.15, -0.1) is 0 Å². The lowest BCUT2D eigenvalue weighted by molar-refractivity contribution is -0.143. The Morgan fingerprint density at radius 2 is 1.94 bits per heavy atom. The minimum atomic E-state index is -0.201. The van der Waals surface area contributed by atoms with Gasteiger partial charge in [0, 0.05) is 7.11 Å². The van der Waals surface area contributed by atoms with Crippen LogP contribution in [0.15, 0.2) is 0 Å². The Balaban J connectivity index is 4.05. The van der Waals surface area contributed by atoms with Gasteiger partial charge in [-0.2, -0.15) is 0 Å². The normalized spacial score (nSPS) is 15.4. The molecule has 4 nitrogen and oxygen atoms in total. The number of ether oxygens (including phenoxy) is 2. The second-order valence-corrected chi connectivity index (χ2v) is 5.17. The number of esters is 1. The van der Waals surface area contributed by atoms with Gasteiger partial charge in [0.15, 0.2) is 0 Å². The van der Waals surface area contributed by atoms with Gasteiger partial charge in [-0.05, 0) is 39.2 Å². The Morgan fingerprint density at radius 1 is 1.35 bits per heavy atom. The van der Waals surface area contributed by atoms with E-state index in [2.05, 4.69) is 26.1 Å². The SMILES string of the molecule is CCC(NCC(C)CC(C)(C)OC)C(=O)OC. The number of carbonyl (C=O) groups is 1. The van der Waals surface area contributed by atoms with Gasteiger partial charge in [-0.3, -0.25) is 4.79 Å². The quantitative estimate of drug-likeness (QED) is 0.664. The summed E-state index contributed by atoms with van der Waals surface area (Å²) in [5.41, 5.74) is -0.117. The van der Waals surface area contributed by atoms with Gasteiger partial charge in [0.1, 0.15) is 6.04 Å². The van der Waals surface area contributed by atoms with E-state index in [0.29, 0.717) is 5.92 Å². The number of hydrogen-bond donors (Lipinski definition) is 1. The van der Waals surface area contributed by atoms with Crippen LogP contribution in [0.1, 0.15) is 40.5 Å². The van der Waals surface area contributed by atoms with E-state index in [1.54, 1.807) is 7.11 Å². The number of rotatable bonds is 8. The van der Waals surface area contributed by atoms with Gasteiger partial charge >= 0.3 is 5.97 Å². The van der Waals surface area contributed by atoms with Crippen molar-refractivity contribution in [2.75, 3.05) is 20.8 Å². The van der Waals surface area contributed by atoms with Crippen LogP contribution >= 0.6 is 0 Å². The van der Waals surface area contributed by atoms with Gasteiger partial charge in [-0.25, -0.2) is 0 Å². The molecule has 0 saturated carbocycles. The number of methoxy groups -OCH3 is 2. The highest BCUT2D eigenvalue weighted by Crippen LogP contribution is 2.19. The lowest BCUT2D eigenvalue weighted by Crippen LogP contribution is -2.40. The van der Waals surface area contributed by atoms with Crippen molar-refractivity contribution in [2.24, 2.45) is 5.92 Å². The maximum absolute atomic E-state index is 11.4. The van der Waals surface area contributed by atoms with Crippen molar-refractivity contribution in [3.8, 4) is 0 Å². The maximum Gasteiger partial charge on any atom is 0.322 e. The van der Waals surface area contributed by atoms with E-state index in [0.717, 1.165) is 19.4 Å². The zero-order valence-corrected chi connectivity index (χ0v) is 12.0. The molecule has 0 amide bonds. The summed E-state index contributed by atoms with van der Waals surface area (Å²) < 4.78 is 10.1. The van der Waals surface area contributed by atoms with Crippen LogP contribution in [-0.4, -0.2) is 38.4 Å². The van der Waals surface area contributed by atoms with Crippen LogP contribution in [0.4, 0.5) is 0 Å². The molecule has 0 bridgehead atoms. The molecule has 0 rings (SSSR count). The molecule has 4 heteroatoms. The predicted octanol–water partition coefficient (Wildman–Crippen LogP) is 1.98. The van der Waals surface area contributed by atoms with Crippen molar-refractivity contribution in [2.45, 2.75) is 52.2 Å². The van der Waals surface area contributed by atoms with E-state index in [-0.39, 0.29) is 17.6 Å². The third kappa shape index (κ3) is 6.64. The Kier molecular flexibility index (Phi) is 7.39. The standard InChI is InChI=1S/C13H27NO3/c1-7-11(12(15)16-5)14-9-10(2)8-13(3,4)17-6/h10-11,14H,7-9H2,1-6H3. The third-order valence-corrected chi connectivity index (χ3v) is 3.00. The molecular weight excluding hydrogens is 218 g/mol. The molecule has 0 aliphatic rings. The van der Waals surface area contributed by atoms with E-state index in [4.69, 9.17) is 9.47 Å². The fourth-order valence-corrected chi connectivity index (χ4v) is 1.87. The molecule has 102 valence electrons. The summed E-state index contributed by atoms with van der Waals surface area (Å²) in [4.78, 5) is 11.4. The smallest absolute Gasteiger partial charge is 0.322 e. The molecule has 0 heterocycles. The molecule has 0 aromatic heterocycles. The number of carbonyl (C=O) groups excluding carboxylic acids is 1. The first-order chi connectivity index (χ1) is 7.86. The summed E-state index contributed by atoms with van der Waals surface area (Å²) >= 11 is 0. The van der Waals surface area contributed by atoms with Crippen LogP contribution in [-0.2, 0) is 14.3 Å². The highest BCUT2D eigenvalue weighted by molar-refractivity contribution is 5.75. The lowest BCUT2D eigenvalue weighted by Gasteiger charge is -2.27. The van der Waals surface area contributed by atoms with E-state index < -0.39 is 0 Å². The molecule has 17 heavy (non-hydrogen) atoms. The highest BCUT2D eigenvalue weighted by Gasteiger charge is 2.22. The van der Waals surface area contributed by atoms with Crippen LogP contribution in [0.2, 0.25) is 0 Å². The minimum absolute atomic E-state index is 0.117. The monoisotopic (exact) mass is 245 g/mol. The van der Waals surface area contributed by atoms with Gasteiger partial charge in [-0.1, -0.05) is 13.8 Å². The molecule has 1 N–H and O–H groups in total. The fraction of sp³-hybridized carbons (Fsp3) is 0.923. The summed E-state index contributed by atoms with van der Waals surface area (Å²) in [5, 5.41) is 3.24. The van der Waals surface area contributed by atoms with Gasteiger partial charge in [0.05, 0.1) is 12.7 Å². The summed E-state index contributed by atoms with van der Waals surface area (Å²) in [7, 11) is 3.15. The third-order valence-electron chi connectivity index (χ3n) is 3.00. The number of nitrogens with one attached hydrogen (secondary N) is 1. The molecule has 0 aliphatic heterocycles. The Labute approximate surface area is 105 Å². The van der Waals surface area contributed by atoms with Gasteiger partial charge in [0.25, 0.3) is 0 Å². The summed E-state index contributed by atoms with van der Waals surface area (Å²) in [6, 6.07) is -0.201. The molecular formula is C13H27NO3. The van der Waals surface area contributed by atoms with E-state index in [1.165, 1.54) is 7.11 Å². The molecule has 0 fully saturated rings. The second kappa shape index (κ2) is 7.67. The first kappa shape index (κ1) is 16.4. The fourth-order valence-electron chi connectivity index (χ4n) is 1.87. The van der Waals surface area contributed by atoms with E-state index in [1.807, 2.05) is 6.92 Å². The molecule has 2 atom stereocenters. The van der Waals surface area contributed by atoms with Crippen LogP contribution in [0.25, 0.3) is 0 Å². The zero-order chi connectivity index (χ0) is 13.5. The van der Waals surface area contributed by atoms with Crippen LogP contribution in [0.5, 0.6) is 0 Å². The molecule has 0 spiro atoms. The minimum Gasteiger partial charge on any atom is -0.468 e. The summed E-state index contributed by atoms with van der Waals surface area (Å²) in [6.07, 6.45) is 1.70. The first-order valence-corrected chi connectivity index (χ1v) is 6.22. The van der Waals surface area contributed by atoms with E-state index in [9.17, 15) is 4.79 Å². The zero-order valence-electron chi connectivity index (χ0n) is 12.0. The summed E-state index contributed by atoms with van der Waals surface area (Å²) in [6.45, 7) is 9.05. The van der Waals surface area contributed by atoms with Crippen LogP contribution in [0, 0.1) is 5.92 Å². The number of hydrogen-bond acceptors (Lipinski definition) is 4. The molecule has 0 saturated heterocycles. The molecule has 0 aromatic rings. The van der Waals surface area contributed by atoms with Gasteiger partial charge in [0.2, 0.25) is 0 Å².